The van der Waals surface area contributed by atoms with Gasteiger partial charge >= 0.3 is 0 Å². The Kier molecular flexibility index (Phi) is 4.00. The summed E-state index contributed by atoms with van der Waals surface area (Å²) in [4.78, 5) is 1.11. The van der Waals surface area contributed by atoms with Crippen LogP contribution in [0.5, 0.6) is 5.75 Å². The maximum atomic E-state index is 12.8. The third-order valence-corrected chi connectivity index (χ3v) is 4.18. The van der Waals surface area contributed by atoms with Crippen LogP contribution in [-0.2, 0) is 6.61 Å². The molecule has 0 saturated heterocycles. The van der Waals surface area contributed by atoms with Gasteiger partial charge in [-0.2, -0.15) is 0 Å². The fraction of sp³-hybridized carbons (Fsp3) is 0.0909. The molecule has 0 bridgehead atoms. The van der Waals surface area contributed by atoms with Gasteiger partial charge in [-0.3, -0.25) is 0 Å². The molecule has 0 amide bonds. The smallest absolute Gasteiger partial charge is 0.134 e. The van der Waals surface area contributed by atoms with Crippen molar-refractivity contribution in [3.8, 4) is 5.75 Å². The molecule has 0 aliphatic heterocycles. The van der Waals surface area contributed by atoms with Crippen LogP contribution in [0.2, 0.25) is 0 Å². The second kappa shape index (κ2) is 5.29. The van der Waals surface area contributed by atoms with E-state index in [0.29, 0.717) is 16.8 Å². The molecule has 16 heavy (non-hydrogen) atoms. The summed E-state index contributed by atoms with van der Waals surface area (Å²) in [7, 11) is 0. The second-order valence-corrected chi connectivity index (χ2v) is 5.86. The maximum Gasteiger partial charge on any atom is 0.134 e. The Morgan fingerprint density at radius 3 is 2.69 bits per heavy atom. The van der Waals surface area contributed by atoms with Gasteiger partial charge in [0.25, 0.3) is 0 Å². The van der Waals surface area contributed by atoms with Crippen LogP contribution in [0.25, 0.3) is 0 Å². The molecule has 1 nitrogen and oxygen atoms in total. The summed E-state index contributed by atoms with van der Waals surface area (Å²) in [6.07, 6.45) is 0. The van der Waals surface area contributed by atoms with Gasteiger partial charge < -0.3 is 4.74 Å². The Bertz CT molecular complexity index is 498. The molecule has 1 aromatic carbocycles. The van der Waals surface area contributed by atoms with Gasteiger partial charge in [0.05, 0.1) is 4.47 Å². The Hall–Kier alpha value is -0.390. The van der Waals surface area contributed by atoms with E-state index in [1.165, 1.54) is 12.1 Å². The molecule has 0 radical (unpaired) electrons. The Balaban J connectivity index is 2.04. The van der Waals surface area contributed by atoms with Crippen molar-refractivity contribution in [2.45, 2.75) is 6.61 Å². The normalized spacial score (nSPS) is 10.4. The molecule has 1 aromatic heterocycles. The van der Waals surface area contributed by atoms with Crippen LogP contribution in [-0.4, -0.2) is 0 Å². The van der Waals surface area contributed by atoms with Crippen molar-refractivity contribution < 1.29 is 9.13 Å². The summed E-state index contributed by atoms with van der Waals surface area (Å²) in [6.45, 7) is 0.487. The third-order valence-electron chi connectivity index (χ3n) is 1.89. The van der Waals surface area contributed by atoms with Crippen LogP contribution >= 0.6 is 43.2 Å². The molecule has 1 heterocycles. The van der Waals surface area contributed by atoms with Crippen LogP contribution in [0.3, 0.4) is 0 Å². The van der Waals surface area contributed by atoms with Crippen LogP contribution in [0.1, 0.15) is 4.88 Å². The van der Waals surface area contributed by atoms with Crippen LogP contribution in [0.15, 0.2) is 38.6 Å². The second-order valence-electron chi connectivity index (χ2n) is 3.09. The first-order valence-electron chi connectivity index (χ1n) is 4.46. The van der Waals surface area contributed by atoms with E-state index in [9.17, 15) is 4.39 Å². The lowest BCUT2D eigenvalue weighted by atomic mass is 10.3. The monoisotopic (exact) mass is 364 g/mol. The number of hydrogen-bond donors (Lipinski definition) is 0. The standard InChI is InChI=1S/C11H7Br2FOS/c12-7-3-9(16-6-7)5-15-11-2-1-8(14)4-10(11)13/h1-4,6H,5H2. The Morgan fingerprint density at radius 2 is 2.06 bits per heavy atom. The Morgan fingerprint density at radius 1 is 1.25 bits per heavy atom. The number of halogens is 3. The van der Waals surface area contributed by atoms with Gasteiger partial charge in [-0.15, -0.1) is 11.3 Å². The highest BCUT2D eigenvalue weighted by Gasteiger charge is 2.04. The van der Waals surface area contributed by atoms with Gasteiger partial charge in [0.15, 0.2) is 0 Å². The molecule has 0 aliphatic carbocycles. The maximum absolute atomic E-state index is 12.8. The van der Waals surface area contributed by atoms with Crippen molar-refractivity contribution in [3.63, 3.8) is 0 Å². The molecule has 0 N–H and O–H groups in total. The first-order valence-corrected chi connectivity index (χ1v) is 6.92. The molecule has 0 atom stereocenters. The van der Waals surface area contributed by atoms with E-state index in [1.807, 2.05) is 11.4 Å². The molecule has 0 aliphatic rings. The van der Waals surface area contributed by atoms with Gasteiger partial charge in [-0.25, -0.2) is 4.39 Å². The minimum Gasteiger partial charge on any atom is -0.487 e. The number of hydrogen-bond acceptors (Lipinski definition) is 2. The van der Waals surface area contributed by atoms with Crippen LogP contribution in [0, 0.1) is 5.82 Å². The lowest BCUT2D eigenvalue weighted by molar-refractivity contribution is 0.307. The predicted molar refractivity (Wildman–Crippen MR) is 70.5 cm³/mol. The van der Waals surface area contributed by atoms with E-state index >= 15 is 0 Å². The lowest BCUT2D eigenvalue weighted by Gasteiger charge is -2.06. The van der Waals surface area contributed by atoms with E-state index in [-0.39, 0.29) is 5.82 Å². The molecular weight excluding hydrogens is 359 g/mol. The molecule has 0 fully saturated rings. The molecule has 0 spiro atoms. The lowest BCUT2D eigenvalue weighted by Crippen LogP contribution is -1.93. The first kappa shape index (κ1) is 12.1. The average molecular weight is 366 g/mol. The van der Waals surface area contributed by atoms with Crippen molar-refractivity contribution >= 4 is 43.2 Å². The molecule has 5 heteroatoms. The molecule has 0 unspecified atom stereocenters. The van der Waals surface area contributed by atoms with Gasteiger partial charge in [-0.1, -0.05) is 0 Å². The van der Waals surface area contributed by atoms with E-state index in [1.54, 1.807) is 17.4 Å². The van der Waals surface area contributed by atoms with Crippen molar-refractivity contribution in [1.29, 1.82) is 0 Å². The van der Waals surface area contributed by atoms with Crippen molar-refractivity contribution in [1.82, 2.24) is 0 Å². The fourth-order valence-electron chi connectivity index (χ4n) is 1.17. The van der Waals surface area contributed by atoms with Crippen molar-refractivity contribution in [2.75, 3.05) is 0 Å². The number of rotatable bonds is 3. The van der Waals surface area contributed by atoms with Crippen LogP contribution in [0.4, 0.5) is 4.39 Å². The third kappa shape index (κ3) is 3.06. The molecule has 0 saturated carbocycles. The van der Waals surface area contributed by atoms with E-state index in [0.717, 1.165) is 9.35 Å². The summed E-state index contributed by atoms with van der Waals surface area (Å²) in [5, 5.41) is 2.00. The highest BCUT2D eigenvalue weighted by Crippen LogP contribution is 2.27. The minimum atomic E-state index is -0.280. The van der Waals surface area contributed by atoms with Gasteiger partial charge in [0.2, 0.25) is 0 Å². The highest BCUT2D eigenvalue weighted by atomic mass is 79.9. The summed E-state index contributed by atoms with van der Waals surface area (Å²) < 4.78 is 20.1. The summed E-state index contributed by atoms with van der Waals surface area (Å²) in [5.41, 5.74) is 0. The quantitative estimate of drug-likeness (QED) is 0.744. The Labute approximate surface area is 114 Å². The summed E-state index contributed by atoms with van der Waals surface area (Å²) in [5.74, 6) is 0.365. The minimum absolute atomic E-state index is 0.280. The summed E-state index contributed by atoms with van der Waals surface area (Å²) in [6, 6.07) is 6.38. The average Bonchev–Trinajstić information content (AvgIpc) is 2.63. The molecule has 2 aromatic rings. The van der Waals surface area contributed by atoms with Crippen LogP contribution < -0.4 is 4.74 Å². The van der Waals surface area contributed by atoms with E-state index < -0.39 is 0 Å². The highest BCUT2D eigenvalue weighted by molar-refractivity contribution is 9.10. The number of thiophene rings is 1. The van der Waals surface area contributed by atoms with Gasteiger partial charge in [0.1, 0.15) is 18.2 Å². The number of ether oxygens (including phenoxy) is 1. The van der Waals surface area contributed by atoms with E-state index in [2.05, 4.69) is 31.9 Å². The number of benzene rings is 1. The van der Waals surface area contributed by atoms with Crippen molar-refractivity contribution in [3.05, 3.63) is 49.3 Å². The van der Waals surface area contributed by atoms with Crippen molar-refractivity contribution in [2.24, 2.45) is 0 Å². The van der Waals surface area contributed by atoms with Gasteiger partial charge in [0, 0.05) is 14.7 Å². The zero-order valence-corrected chi connectivity index (χ0v) is 12.0. The van der Waals surface area contributed by atoms with E-state index in [4.69, 9.17) is 4.74 Å². The summed E-state index contributed by atoms with van der Waals surface area (Å²) >= 11 is 8.25. The zero-order valence-electron chi connectivity index (χ0n) is 8.04. The molecular formula is C11H7Br2FOS. The zero-order chi connectivity index (χ0) is 11.5. The predicted octanol–water partition coefficient (Wildman–Crippen LogP) is 4.99. The topological polar surface area (TPSA) is 9.23 Å². The largest absolute Gasteiger partial charge is 0.487 e. The first-order chi connectivity index (χ1) is 7.65. The fourth-order valence-corrected chi connectivity index (χ4v) is 3.00. The molecule has 2 rings (SSSR count). The van der Waals surface area contributed by atoms with Gasteiger partial charge in [-0.05, 0) is 56.1 Å². The SMILES string of the molecule is Fc1ccc(OCc2cc(Br)cs2)c(Br)c1. The molecule has 84 valence electrons.